The summed E-state index contributed by atoms with van der Waals surface area (Å²) in [5.41, 5.74) is 2.91. The Morgan fingerprint density at radius 3 is 2.08 bits per heavy atom. The predicted octanol–water partition coefficient (Wildman–Crippen LogP) is 0.752. The van der Waals surface area contributed by atoms with Crippen LogP contribution in [-0.2, 0) is 22.9 Å². The lowest BCUT2D eigenvalue weighted by molar-refractivity contribution is -0.927. The zero-order valence-electron chi connectivity index (χ0n) is 15.0. The van der Waals surface area contributed by atoms with Gasteiger partial charge < -0.3 is 9.64 Å². The summed E-state index contributed by atoms with van der Waals surface area (Å²) in [6, 6.07) is 15.9. The van der Waals surface area contributed by atoms with Crippen LogP contribution in [-0.4, -0.2) is 52.1 Å². The molecule has 0 unspecified atom stereocenters. The van der Waals surface area contributed by atoms with Crippen molar-refractivity contribution in [2.45, 2.75) is 23.8 Å². The van der Waals surface area contributed by atoms with Crippen molar-refractivity contribution in [3.8, 4) is 5.75 Å². The fraction of sp³-hybridized carbons (Fsp3) is 0.400. The number of quaternary nitrogens is 1. The molecule has 2 aromatic carbocycles. The number of sulfonamides is 1. The lowest BCUT2D eigenvalue weighted by atomic mass is 10.1. The monoisotopic (exact) mass is 373 g/mol. The summed E-state index contributed by atoms with van der Waals surface area (Å²) in [7, 11) is -1.85. The molecule has 2 aliphatic rings. The van der Waals surface area contributed by atoms with Crippen molar-refractivity contribution in [3.63, 3.8) is 0 Å². The summed E-state index contributed by atoms with van der Waals surface area (Å²) in [6.07, 6.45) is 2.22. The number of piperazine rings is 1. The van der Waals surface area contributed by atoms with Crippen LogP contribution in [0.1, 0.15) is 11.1 Å². The van der Waals surface area contributed by atoms with Crippen LogP contribution in [0.5, 0.6) is 5.75 Å². The molecule has 1 heterocycles. The van der Waals surface area contributed by atoms with E-state index in [1.54, 1.807) is 35.7 Å². The molecule has 0 amide bonds. The molecule has 0 radical (unpaired) electrons. The van der Waals surface area contributed by atoms with Gasteiger partial charge in [0.2, 0.25) is 10.0 Å². The molecular weight excluding hydrogens is 348 g/mol. The van der Waals surface area contributed by atoms with E-state index in [0.29, 0.717) is 29.8 Å². The van der Waals surface area contributed by atoms with Gasteiger partial charge in [-0.05, 0) is 35.4 Å². The molecule has 0 spiro atoms. The molecule has 4 rings (SSSR count). The number of ether oxygens (including phenoxy) is 1. The van der Waals surface area contributed by atoms with E-state index >= 15 is 0 Å². The van der Waals surface area contributed by atoms with Crippen molar-refractivity contribution in [2.75, 3.05) is 33.3 Å². The van der Waals surface area contributed by atoms with Gasteiger partial charge in [0, 0.05) is 12.8 Å². The number of rotatable bonds is 4. The summed E-state index contributed by atoms with van der Waals surface area (Å²) >= 11 is 0. The van der Waals surface area contributed by atoms with Crippen LogP contribution in [0.25, 0.3) is 0 Å². The van der Waals surface area contributed by atoms with Gasteiger partial charge in [0.05, 0.1) is 44.2 Å². The Labute approximate surface area is 155 Å². The van der Waals surface area contributed by atoms with E-state index in [-0.39, 0.29) is 0 Å². The predicted molar refractivity (Wildman–Crippen MR) is 100 cm³/mol. The van der Waals surface area contributed by atoms with E-state index in [1.807, 2.05) is 0 Å². The molecule has 6 heteroatoms. The van der Waals surface area contributed by atoms with Crippen molar-refractivity contribution in [1.82, 2.24) is 4.31 Å². The number of methoxy groups -OCH3 is 1. The maximum Gasteiger partial charge on any atom is 0.243 e. The fourth-order valence-corrected chi connectivity index (χ4v) is 5.61. The Morgan fingerprint density at radius 2 is 1.54 bits per heavy atom. The molecule has 0 bridgehead atoms. The molecule has 1 fully saturated rings. The number of hydrogen-bond acceptors (Lipinski definition) is 3. The average Bonchev–Trinajstić information content (AvgIpc) is 3.12. The maximum atomic E-state index is 12.9. The van der Waals surface area contributed by atoms with Gasteiger partial charge in [-0.2, -0.15) is 4.31 Å². The molecule has 0 saturated carbocycles. The minimum atomic E-state index is -3.42. The molecule has 1 N–H and O–H groups in total. The van der Waals surface area contributed by atoms with Gasteiger partial charge in [-0.1, -0.05) is 24.3 Å². The summed E-state index contributed by atoms with van der Waals surface area (Å²) in [5.74, 6) is 0.666. The lowest BCUT2D eigenvalue weighted by Crippen LogP contribution is -3.18. The first-order valence-electron chi connectivity index (χ1n) is 9.13. The third-order valence-corrected chi connectivity index (χ3v) is 7.60. The van der Waals surface area contributed by atoms with Crippen LogP contribution in [0.3, 0.4) is 0 Å². The maximum absolute atomic E-state index is 12.9. The Bertz CT molecular complexity index is 847. The highest BCUT2D eigenvalue weighted by Gasteiger charge is 2.35. The quantitative estimate of drug-likeness (QED) is 0.861. The van der Waals surface area contributed by atoms with E-state index in [0.717, 1.165) is 25.9 Å². The first kappa shape index (κ1) is 17.5. The van der Waals surface area contributed by atoms with Gasteiger partial charge in [0.1, 0.15) is 5.75 Å². The van der Waals surface area contributed by atoms with Crippen molar-refractivity contribution in [3.05, 3.63) is 59.7 Å². The molecule has 26 heavy (non-hydrogen) atoms. The van der Waals surface area contributed by atoms with Gasteiger partial charge in [0.15, 0.2) is 0 Å². The first-order valence-corrected chi connectivity index (χ1v) is 10.6. The molecule has 1 aliphatic carbocycles. The van der Waals surface area contributed by atoms with Crippen LogP contribution < -0.4 is 9.64 Å². The van der Waals surface area contributed by atoms with Gasteiger partial charge in [-0.3, -0.25) is 0 Å². The van der Waals surface area contributed by atoms with E-state index in [4.69, 9.17) is 4.74 Å². The zero-order valence-corrected chi connectivity index (χ0v) is 15.8. The minimum absolute atomic E-state index is 0.343. The third-order valence-electron chi connectivity index (χ3n) is 5.69. The smallest absolute Gasteiger partial charge is 0.243 e. The molecular formula is C20H25N2O3S+. The second kappa shape index (κ2) is 7.02. The zero-order chi connectivity index (χ0) is 18.1. The number of hydrogen-bond donors (Lipinski definition) is 1. The van der Waals surface area contributed by atoms with Crippen molar-refractivity contribution in [2.24, 2.45) is 0 Å². The van der Waals surface area contributed by atoms with Crippen LogP contribution in [0.2, 0.25) is 0 Å². The molecule has 5 nitrogen and oxygen atoms in total. The van der Waals surface area contributed by atoms with Crippen LogP contribution in [0.4, 0.5) is 0 Å². The fourth-order valence-electron chi connectivity index (χ4n) is 4.17. The Hall–Kier alpha value is -1.89. The van der Waals surface area contributed by atoms with Gasteiger partial charge in [0.25, 0.3) is 0 Å². The second-order valence-corrected chi connectivity index (χ2v) is 9.05. The standard InChI is InChI=1S/C20H24N2O3S/c1-25-19-6-8-20(9-7-19)26(23,24)22-12-10-21(11-13-22)18-14-16-4-2-3-5-17(16)15-18/h2-9,18H,10-15H2,1H3/p+1. The van der Waals surface area contributed by atoms with Crippen molar-refractivity contribution < 1.29 is 18.1 Å². The topological polar surface area (TPSA) is 51.1 Å². The lowest BCUT2D eigenvalue weighted by Gasteiger charge is -2.34. The Kier molecular flexibility index (Phi) is 4.73. The molecule has 1 saturated heterocycles. The number of nitrogens with one attached hydrogen (secondary N) is 1. The van der Waals surface area contributed by atoms with Gasteiger partial charge in [-0.15, -0.1) is 0 Å². The molecule has 2 aromatic rings. The highest BCUT2D eigenvalue weighted by atomic mass is 32.2. The molecule has 1 aliphatic heterocycles. The highest BCUT2D eigenvalue weighted by molar-refractivity contribution is 7.89. The largest absolute Gasteiger partial charge is 0.497 e. The van der Waals surface area contributed by atoms with E-state index in [1.165, 1.54) is 16.0 Å². The van der Waals surface area contributed by atoms with Crippen LogP contribution in [0, 0.1) is 0 Å². The highest BCUT2D eigenvalue weighted by Crippen LogP contribution is 2.22. The van der Waals surface area contributed by atoms with Gasteiger partial charge >= 0.3 is 0 Å². The van der Waals surface area contributed by atoms with Crippen LogP contribution in [0.15, 0.2) is 53.4 Å². The minimum Gasteiger partial charge on any atom is -0.497 e. The summed E-state index contributed by atoms with van der Waals surface area (Å²) in [5, 5.41) is 0. The molecule has 0 atom stereocenters. The average molecular weight is 373 g/mol. The molecule has 0 aromatic heterocycles. The normalized spacial score (nSPS) is 19.4. The third kappa shape index (κ3) is 3.24. The second-order valence-electron chi connectivity index (χ2n) is 7.11. The van der Waals surface area contributed by atoms with Crippen molar-refractivity contribution in [1.29, 1.82) is 0 Å². The Morgan fingerprint density at radius 1 is 0.962 bits per heavy atom. The Balaban J connectivity index is 1.40. The molecule has 138 valence electrons. The van der Waals surface area contributed by atoms with E-state index < -0.39 is 10.0 Å². The number of benzene rings is 2. The van der Waals surface area contributed by atoms with E-state index in [2.05, 4.69) is 24.3 Å². The van der Waals surface area contributed by atoms with Crippen molar-refractivity contribution >= 4 is 10.0 Å². The SMILES string of the molecule is COc1ccc(S(=O)(=O)N2CC[NH+](C3Cc4ccccc4C3)CC2)cc1. The number of fused-ring (bicyclic) bond motifs is 1. The van der Waals surface area contributed by atoms with E-state index in [9.17, 15) is 8.42 Å². The number of nitrogens with zero attached hydrogens (tertiary/aromatic N) is 1. The van der Waals surface area contributed by atoms with Gasteiger partial charge in [-0.25, -0.2) is 8.42 Å². The first-order chi connectivity index (χ1) is 12.6. The summed E-state index contributed by atoms with van der Waals surface area (Å²) in [4.78, 5) is 1.87. The summed E-state index contributed by atoms with van der Waals surface area (Å²) < 4.78 is 32.5. The summed E-state index contributed by atoms with van der Waals surface area (Å²) in [6.45, 7) is 2.90. The van der Waals surface area contributed by atoms with Crippen LogP contribution >= 0.6 is 0 Å².